The topological polar surface area (TPSA) is 62.3 Å². The van der Waals surface area contributed by atoms with Crippen LogP contribution in [0.1, 0.15) is 41.8 Å². The van der Waals surface area contributed by atoms with Gasteiger partial charge < -0.3 is 10.2 Å². The number of rotatable bonds is 5. The Morgan fingerprint density at radius 3 is 2.84 bits per heavy atom. The molecule has 0 aliphatic carbocycles. The van der Waals surface area contributed by atoms with Gasteiger partial charge in [-0.2, -0.15) is 0 Å². The van der Waals surface area contributed by atoms with Gasteiger partial charge in [0.15, 0.2) is 0 Å². The smallest absolute Gasteiger partial charge is 0.253 e. The summed E-state index contributed by atoms with van der Waals surface area (Å²) in [5.41, 5.74) is 3.77. The first-order chi connectivity index (χ1) is 12.0. The highest BCUT2D eigenvalue weighted by Crippen LogP contribution is 2.30. The van der Waals surface area contributed by atoms with Crippen LogP contribution >= 0.6 is 0 Å². The van der Waals surface area contributed by atoms with Crippen molar-refractivity contribution >= 4 is 17.5 Å². The van der Waals surface area contributed by atoms with E-state index in [1.807, 2.05) is 17.0 Å². The van der Waals surface area contributed by atoms with E-state index in [0.717, 1.165) is 24.2 Å². The van der Waals surface area contributed by atoms with Crippen LogP contribution in [0.2, 0.25) is 0 Å². The molecule has 0 fully saturated rings. The predicted molar refractivity (Wildman–Crippen MR) is 97.4 cm³/mol. The molecule has 3 rings (SSSR count). The summed E-state index contributed by atoms with van der Waals surface area (Å²) in [5.74, 6) is 0.409. The zero-order valence-corrected chi connectivity index (χ0v) is 14.7. The Balaban J connectivity index is 1.64. The molecule has 1 aromatic carbocycles. The zero-order chi connectivity index (χ0) is 17.8. The van der Waals surface area contributed by atoms with E-state index in [2.05, 4.69) is 30.2 Å². The van der Waals surface area contributed by atoms with Crippen LogP contribution in [0.25, 0.3) is 0 Å². The number of nitrogens with one attached hydrogen (secondary N) is 1. The van der Waals surface area contributed by atoms with Crippen LogP contribution in [-0.2, 0) is 17.8 Å². The van der Waals surface area contributed by atoms with Crippen LogP contribution in [0.15, 0.2) is 42.7 Å². The van der Waals surface area contributed by atoms with Crippen molar-refractivity contribution in [3.63, 3.8) is 0 Å². The Morgan fingerprint density at radius 1 is 1.28 bits per heavy atom. The SMILES string of the molecule is CC(C)CC(=O)N1CCc2cc(CNC(=O)c3cccnc3)ccc21. The number of aromatic nitrogens is 1. The summed E-state index contributed by atoms with van der Waals surface area (Å²) in [4.78, 5) is 30.3. The zero-order valence-electron chi connectivity index (χ0n) is 14.7. The van der Waals surface area contributed by atoms with Gasteiger partial charge in [0.1, 0.15) is 0 Å². The third-order valence-electron chi connectivity index (χ3n) is 4.30. The maximum absolute atomic E-state index is 12.3. The number of fused-ring (bicyclic) bond motifs is 1. The first-order valence-corrected chi connectivity index (χ1v) is 8.65. The van der Waals surface area contributed by atoms with E-state index < -0.39 is 0 Å². The van der Waals surface area contributed by atoms with Crippen LogP contribution in [0, 0.1) is 5.92 Å². The molecule has 0 spiro atoms. The summed E-state index contributed by atoms with van der Waals surface area (Å²) >= 11 is 0. The summed E-state index contributed by atoms with van der Waals surface area (Å²) in [6.07, 6.45) is 4.63. The predicted octanol–water partition coefficient (Wildman–Crippen LogP) is 2.95. The molecule has 5 heteroatoms. The minimum atomic E-state index is -0.137. The highest BCUT2D eigenvalue weighted by Gasteiger charge is 2.25. The van der Waals surface area contributed by atoms with Crippen molar-refractivity contribution in [1.29, 1.82) is 0 Å². The fourth-order valence-electron chi connectivity index (χ4n) is 3.07. The van der Waals surface area contributed by atoms with Gasteiger partial charge in [0.05, 0.1) is 5.56 Å². The molecule has 0 unspecified atom stereocenters. The average Bonchev–Trinajstić information content (AvgIpc) is 3.03. The Kier molecular flexibility index (Phi) is 5.12. The van der Waals surface area contributed by atoms with Crippen LogP contribution in [0.5, 0.6) is 0 Å². The van der Waals surface area contributed by atoms with Crippen molar-refractivity contribution in [3.8, 4) is 0 Å². The first-order valence-electron chi connectivity index (χ1n) is 8.65. The number of benzene rings is 1. The van der Waals surface area contributed by atoms with Gasteiger partial charge in [-0.25, -0.2) is 0 Å². The van der Waals surface area contributed by atoms with Crippen molar-refractivity contribution in [3.05, 3.63) is 59.4 Å². The van der Waals surface area contributed by atoms with E-state index in [-0.39, 0.29) is 11.8 Å². The fraction of sp³-hybridized carbons (Fsp3) is 0.350. The fourth-order valence-corrected chi connectivity index (χ4v) is 3.07. The molecule has 25 heavy (non-hydrogen) atoms. The Labute approximate surface area is 148 Å². The lowest BCUT2D eigenvalue weighted by atomic mass is 10.1. The standard InChI is InChI=1S/C20H23N3O2/c1-14(2)10-19(24)23-9-7-16-11-15(5-6-18(16)23)12-22-20(25)17-4-3-8-21-13-17/h3-6,8,11,13-14H,7,9-10,12H2,1-2H3,(H,22,25). The first kappa shape index (κ1) is 17.1. The molecular formula is C20H23N3O2. The van der Waals surface area contributed by atoms with Crippen molar-refractivity contribution in [2.75, 3.05) is 11.4 Å². The second kappa shape index (κ2) is 7.47. The summed E-state index contributed by atoms with van der Waals surface area (Å²) in [7, 11) is 0. The van der Waals surface area contributed by atoms with Gasteiger partial charge in [0.2, 0.25) is 5.91 Å². The molecule has 2 aromatic rings. The molecule has 0 atom stereocenters. The second-order valence-electron chi connectivity index (χ2n) is 6.78. The van der Waals surface area contributed by atoms with Crippen molar-refractivity contribution in [2.24, 2.45) is 5.92 Å². The van der Waals surface area contributed by atoms with Gasteiger partial charge in [-0.15, -0.1) is 0 Å². The quantitative estimate of drug-likeness (QED) is 0.912. The van der Waals surface area contributed by atoms with E-state index in [1.165, 1.54) is 5.56 Å². The molecule has 2 heterocycles. The lowest BCUT2D eigenvalue weighted by Crippen LogP contribution is -2.29. The van der Waals surface area contributed by atoms with Crippen LogP contribution in [0.3, 0.4) is 0 Å². The van der Waals surface area contributed by atoms with E-state index >= 15 is 0 Å². The molecule has 0 bridgehead atoms. The van der Waals surface area contributed by atoms with Crippen LogP contribution in [-0.4, -0.2) is 23.3 Å². The van der Waals surface area contributed by atoms with E-state index in [9.17, 15) is 9.59 Å². The van der Waals surface area contributed by atoms with Gasteiger partial charge >= 0.3 is 0 Å². The average molecular weight is 337 g/mol. The molecule has 1 aromatic heterocycles. The van der Waals surface area contributed by atoms with Crippen LogP contribution in [0.4, 0.5) is 5.69 Å². The van der Waals surface area contributed by atoms with Crippen molar-refractivity contribution in [1.82, 2.24) is 10.3 Å². The number of anilines is 1. The monoisotopic (exact) mass is 337 g/mol. The second-order valence-corrected chi connectivity index (χ2v) is 6.78. The number of carbonyl (C=O) groups is 2. The number of pyridine rings is 1. The maximum atomic E-state index is 12.3. The molecule has 1 aliphatic heterocycles. The van der Waals surface area contributed by atoms with Crippen molar-refractivity contribution in [2.45, 2.75) is 33.2 Å². The van der Waals surface area contributed by atoms with E-state index in [4.69, 9.17) is 0 Å². The molecule has 0 saturated heterocycles. The number of hydrogen-bond donors (Lipinski definition) is 1. The summed E-state index contributed by atoms with van der Waals surface area (Å²) in [6, 6.07) is 9.53. The molecule has 1 N–H and O–H groups in total. The number of nitrogens with zero attached hydrogens (tertiary/aromatic N) is 2. The summed E-state index contributed by atoms with van der Waals surface area (Å²) < 4.78 is 0. The Morgan fingerprint density at radius 2 is 2.12 bits per heavy atom. The normalized spacial score (nSPS) is 13.0. The maximum Gasteiger partial charge on any atom is 0.253 e. The third kappa shape index (κ3) is 4.05. The van der Waals surface area contributed by atoms with E-state index in [0.29, 0.717) is 24.4 Å². The Bertz CT molecular complexity index is 772. The molecule has 5 nitrogen and oxygen atoms in total. The van der Waals surface area contributed by atoms with Gasteiger partial charge in [-0.05, 0) is 41.7 Å². The molecule has 130 valence electrons. The Hall–Kier alpha value is -2.69. The lowest BCUT2D eigenvalue weighted by molar-refractivity contribution is -0.119. The van der Waals surface area contributed by atoms with Gasteiger partial charge in [-0.1, -0.05) is 26.0 Å². The molecule has 0 radical (unpaired) electrons. The molecular weight excluding hydrogens is 314 g/mol. The minimum Gasteiger partial charge on any atom is -0.348 e. The lowest BCUT2D eigenvalue weighted by Gasteiger charge is -2.18. The molecule has 2 amide bonds. The highest BCUT2D eigenvalue weighted by atomic mass is 16.2. The molecule has 1 aliphatic rings. The van der Waals surface area contributed by atoms with Crippen LogP contribution < -0.4 is 10.2 Å². The van der Waals surface area contributed by atoms with E-state index in [1.54, 1.807) is 24.5 Å². The number of amides is 2. The van der Waals surface area contributed by atoms with Crippen molar-refractivity contribution < 1.29 is 9.59 Å². The summed E-state index contributed by atoms with van der Waals surface area (Å²) in [5, 5.41) is 2.91. The highest BCUT2D eigenvalue weighted by molar-refractivity contribution is 5.95. The van der Waals surface area contributed by atoms with Gasteiger partial charge in [-0.3, -0.25) is 14.6 Å². The molecule has 0 saturated carbocycles. The minimum absolute atomic E-state index is 0.137. The van der Waals surface area contributed by atoms with Gasteiger partial charge in [0.25, 0.3) is 5.91 Å². The number of carbonyl (C=O) groups excluding carboxylic acids is 2. The van der Waals surface area contributed by atoms with Gasteiger partial charge in [0, 0.05) is 37.6 Å². The largest absolute Gasteiger partial charge is 0.348 e. The third-order valence-corrected chi connectivity index (χ3v) is 4.30. The summed E-state index contributed by atoms with van der Waals surface area (Å²) in [6.45, 7) is 5.32. The number of hydrogen-bond acceptors (Lipinski definition) is 3.